The minimum Gasteiger partial charge on any atom is -0.316 e. The van der Waals surface area contributed by atoms with Crippen LogP contribution < -0.4 is 10.5 Å². The summed E-state index contributed by atoms with van der Waals surface area (Å²) in [5.41, 5.74) is 0.392. The SMILES string of the molecule is CCN(C1CC2(CNC2)C1)S(N)(=O)=O. The Morgan fingerprint density at radius 3 is 2.36 bits per heavy atom. The van der Waals surface area contributed by atoms with Crippen LogP contribution in [0.2, 0.25) is 0 Å². The fourth-order valence-corrected chi connectivity index (χ4v) is 3.48. The first-order valence-corrected chi connectivity index (χ1v) is 6.47. The van der Waals surface area contributed by atoms with Crippen LogP contribution in [-0.2, 0) is 10.2 Å². The number of hydrogen-bond donors (Lipinski definition) is 2. The van der Waals surface area contributed by atoms with Crippen LogP contribution in [0.1, 0.15) is 19.8 Å². The Morgan fingerprint density at radius 1 is 1.50 bits per heavy atom. The first kappa shape index (κ1) is 10.4. The highest BCUT2D eigenvalue weighted by molar-refractivity contribution is 7.86. The van der Waals surface area contributed by atoms with Gasteiger partial charge >= 0.3 is 0 Å². The Bertz CT molecular complexity index is 315. The highest BCUT2D eigenvalue weighted by Gasteiger charge is 2.51. The van der Waals surface area contributed by atoms with Crippen molar-refractivity contribution >= 4 is 10.2 Å². The van der Waals surface area contributed by atoms with Gasteiger partial charge in [-0.15, -0.1) is 0 Å². The van der Waals surface area contributed by atoms with Crippen LogP contribution in [0.5, 0.6) is 0 Å². The Balaban J connectivity index is 1.97. The fourth-order valence-electron chi connectivity index (χ4n) is 2.56. The maximum Gasteiger partial charge on any atom is 0.277 e. The van der Waals surface area contributed by atoms with Gasteiger partial charge in [0.2, 0.25) is 0 Å². The van der Waals surface area contributed by atoms with Crippen molar-refractivity contribution in [1.82, 2.24) is 9.62 Å². The number of nitrogens with zero attached hydrogens (tertiary/aromatic N) is 1. The van der Waals surface area contributed by atoms with E-state index in [-0.39, 0.29) is 6.04 Å². The van der Waals surface area contributed by atoms with Gasteiger partial charge < -0.3 is 5.32 Å². The summed E-state index contributed by atoms with van der Waals surface area (Å²) in [6.45, 7) is 4.37. The van der Waals surface area contributed by atoms with Gasteiger partial charge in [0.1, 0.15) is 0 Å². The van der Waals surface area contributed by atoms with Gasteiger partial charge in [-0.1, -0.05) is 6.92 Å². The zero-order valence-corrected chi connectivity index (χ0v) is 9.18. The molecule has 1 aliphatic carbocycles. The summed E-state index contributed by atoms with van der Waals surface area (Å²) in [6, 6.07) is 0.136. The molecule has 0 amide bonds. The second-order valence-corrected chi connectivity index (χ2v) is 5.91. The summed E-state index contributed by atoms with van der Waals surface area (Å²) in [7, 11) is -3.50. The average Bonchev–Trinajstić information content (AvgIpc) is 1.88. The Morgan fingerprint density at radius 2 is 2.07 bits per heavy atom. The number of rotatable bonds is 3. The third kappa shape index (κ3) is 1.56. The molecule has 0 atom stereocenters. The summed E-state index contributed by atoms with van der Waals surface area (Å²) < 4.78 is 23.8. The van der Waals surface area contributed by atoms with Crippen LogP contribution in [0.25, 0.3) is 0 Å². The minimum atomic E-state index is -3.50. The van der Waals surface area contributed by atoms with E-state index in [4.69, 9.17) is 5.14 Å². The van der Waals surface area contributed by atoms with Crippen LogP contribution in [-0.4, -0.2) is 38.4 Å². The molecule has 82 valence electrons. The Kier molecular flexibility index (Phi) is 2.34. The second-order valence-electron chi connectivity index (χ2n) is 4.41. The maximum absolute atomic E-state index is 11.2. The second kappa shape index (κ2) is 3.16. The lowest BCUT2D eigenvalue weighted by Gasteiger charge is -2.56. The lowest BCUT2D eigenvalue weighted by Crippen LogP contribution is -2.66. The van der Waals surface area contributed by atoms with Crippen LogP contribution in [0.15, 0.2) is 0 Å². The van der Waals surface area contributed by atoms with Crippen molar-refractivity contribution in [2.75, 3.05) is 19.6 Å². The molecule has 0 aromatic carbocycles. The molecule has 3 N–H and O–H groups in total. The summed E-state index contributed by atoms with van der Waals surface area (Å²) in [4.78, 5) is 0. The van der Waals surface area contributed by atoms with Gasteiger partial charge in [0.25, 0.3) is 10.2 Å². The highest BCUT2D eigenvalue weighted by atomic mass is 32.2. The molecule has 1 heterocycles. The van der Waals surface area contributed by atoms with Crippen LogP contribution >= 0.6 is 0 Å². The topological polar surface area (TPSA) is 75.4 Å². The lowest BCUT2D eigenvalue weighted by molar-refractivity contribution is -0.00532. The van der Waals surface area contributed by atoms with Gasteiger partial charge in [-0.05, 0) is 18.3 Å². The summed E-state index contributed by atoms with van der Waals surface area (Å²) >= 11 is 0. The molecule has 14 heavy (non-hydrogen) atoms. The van der Waals surface area contributed by atoms with Crippen molar-refractivity contribution in [2.24, 2.45) is 10.6 Å². The van der Waals surface area contributed by atoms with E-state index in [0.29, 0.717) is 12.0 Å². The standard InChI is InChI=1S/C8H17N3O2S/c1-2-11(14(9,12)13)7-3-8(4-7)5-10-6-8/h7,10H,2-6H2,1H3,(H2,9,12,13). The average molecular weight is 219 g/mol. The molecule has 5 nitrogen and oxygen atoms in total. The molecule has 0 radical (unpaired) electrons. The number of nitrogens with two attached hydrogens (primary N) is 1. The normalized spacial score (nSPS) is 26.2. The molecular formula is C8H17N3O2S. The van der Waals surface area contributed by atoms with E-state index in [1.807, 2.05) is 6.92 Å². The van der Waals surface area contributed by atoms with Gasteiger partial charge in [0, 0.05) is 25.7 Å². The number of hydrogen-bond acceptors (Lipinski definition) is 3. The summed E-state index contributed by atoms with van der Waals surface area (Å²) in [6.07, 6.45) is 1.93. The molecule has 1 aliphatic heterocycles. The van der Waals surface area contributed by atoms with E-state index in [0.717, 1.165) is 25.9 Å². The molecule has 1 saturated carbocycles. The predicted octanol–water partition coefficient (Wildman–Crippen LogP) is -0.736. The van der Waals surface area contributed by atoms with E-state index in [1.165, 1.54) is 4.31 Å². The van der Waals surface area contributed by atoms with Crippen LogP contribution in [0.3, 0.4) is 0 Å². The summed E-state index contributed by atoms with van der Waals surface area (Å²) in [5.74, 6) is 0. The predicted molar refractivity (Wildman–Crippen MR) is 53.8 cm³/mol. The minimum absolute atomic E-state index is 0.136. The van der Waals surface area contributed by atoms with Crippen molar-refractivity contribution in [3.8, 4) is 0 Å². The van der Waals surface area contributed by atoms with Gasteiger partial charge in [-0.25, -0.2) is 5.14 Å². The van der Waals surface area contributed by atoms with Crippen molar-refractivity contribution in [3.63, 3.8) is 0 Å². The molecule has 2 fully saturated rings. The van der Waals surface area contributed by atoms with E-state index < -0.39 is 10.2 Å². The van der Waals surface area contributed by atoms with Crippen molar-refractivity contribution < 1.29 is 8.42 Å². The quantitative estimate of drug-likeness (QED) is 0.656. The van der Waals surface area contributed by atoms with E-state index >= 15 is 0 Å². The molecule has 1 spiro atoms. The van der Waals surface area contributed by atoms with Crippen LogP contribution in [0.4, 0.5) is 0 Å². The molecule has 0 bridgehead atoms. The number of nitrogens with one attached hydrogen (secondary N) is 1. The lowest BCUT2D eigenvalue weighted by atomic mass is 9.61. The zero-order valence-electron chi connectivity index (χ0n) is 8.36. The van der Waals surface area contributed by atoms with E-state index in [2.05, 4.69) is 5.32 Å². The molecule has 6 heteroatoms. The summed E-state index contributed by atoms with van der Waals surface area (Å²) in [5, 5.41) is 8.35. The molecular weight excluding hydrogens is 202 g/mol. The molecule has 0 aromatic heterocycles. The van der Waals surface area contributed by atoms with Gasteiger partial charge in [0.05, 0.1) is 0 Å². The zero-order chi connectivity index (χ0) is 10.4. The van der Waals surface area contributed by atoms with Crippen molar-refractivity contribution in [1.29, 1.82) is 0 Å². The largest absolute Gasteiger partial charge is 0.316 e. The third-order valence-electron chi connectivity index (χ3n) is 3.38. The van der Waals surface area contributed by atoms with Gasteiger partial charge in [0.15, 0.2) is 0 Å². The molecule has 1 saturated heterocycles. The molecule has 0 aromatic rings. The highest BCUT2D eigenvalue weighted by Crippen LogP contribution is 2.46. The molecule has 2 aliphatic rings. The van der Waals surface area contributed by atoms with Gasteiger partial charge in [-0.2, -0.15) is 12.7 Å². The Hall–Kier alpha value is -0.170. The Labute approximate surface area is 84.8 Å². The first-order chi connectivity index (χ1) is 6.47. The third-order valence-corrected chi connectivity index (χ3v) is 4.59. The monoisotopic (exact) mass is 219 g/mol. The fraction of sp³-hybridized carbons (Fsp3) is 1.00. The first-order valence-electron chi connectivity index (χ1n) is 4.97. The van der Waals surface area contributed by atoms with Gasteiger partial charge in [-0.3, -0.25) is 0 Å². The molecule has 0 unspecified atom stereocenters. The van der Waals surface area contributed by atoms with E-state index in [1.54, 1.807) is 0 Å². The van der Waals surface area contributed by atoms with E-state index in [9.17, 15) is 8.42 Å². The van der Waals surface area contributed by atoms with Crippen LogP contribution in [0, 0.1) is 5.41 Å². The smallest absolute Gasteiger partial charge is 0.277 e. The van der Waals surface area contributed by atoms with Crippen molar-refractivity contribution in [2.45, 2.75) is 25.8 Å². The molecule has 2 rings (SSSR count). The maximum atomic E-state index is 11.2. The van der Waals surface area contributed by atoms with Crippen molar-refractivity contribution in [3.05, 3.63) is 0 Å².